The molecule has 8 heteroatoms. The SMILES string of the molecule is O=C(NCC1CCN(C2CC2)C1)N1CCC(O)(C(F)(F)F)CC1. The zero-order valence-corrected chi connectivity index (χ0v) is 13.1. The first kappa shape index (κ1) is 16.8. The minimum Gasteiger partial charge on any atom is -0.380 e. The summed E-state index contributed by atoms with van der Waals surface area (Å²) in [5.41, 5.74) is -2.65. The number of halogens is 3. The van der Waals surface area contributed by atoms with Gasteiger partial charge in [-0.1, -0.05) is 0 Å². The highest BCUT2D eigenvalue weighted by molar-refractivity contribution is 5.74. The molecular weight excluding hydrogens is 311 g/mol. The van der Waals surface area contributed by atoms with Crippen LogP contribution in [-0.2, 0) is 0 Å². The van der Waals surface area contributed by atoms with Gasteiger partial charge in [0.25, 0.3) is 0 Å². The lowest BCUT2D eigenvalue weighted by Crippen LogP contribution is -2.56. The second-order valence-corrected chi connectivity index (χ2v) is 7.08. The van der Waals surface area contributed by atoms with Gasteiger partial charge in [0, 0.05) is 45.1 Å². The number of carbonyl (C=O) groups excluding carboxylic acids is 1. The van der Waals surface area contributed by atoms with Crippen LogP contribution in [-0.4, -0.2) is 71.5 Å². The first-order valence-corrected chi connectivity index (χ1v) is 8.34. The second kappa shape index (κ2) is 6.12. The molecule has 0 spiro atoms. The molecule has 0 aromatic heterocycles. The summed E-state index contributed by atoms with van der Waals surface area (Å²) in [6, 6.07) is 0.414. The summed E-state index contributed by atoms with van der Waals surface area (Å²) in [4.78, 5) is 15.9. The Morgan fingerprint density at radius 1 is 1.17 bits per heavy atom. The van der Waals surface area contributed by atoms with Crippen LogP contribution in [0.5, 0.6) is 0 Å². The van der Waals surface area contributed by atoms with E-state index in [2.05, 4.69) is 10.2 Å². The van der Waals surface area contributed by atoms with Crippen LogP contribution in [0.25, 0.3) is 0 Å². The molecule has 132 valence electrons. The van der Waals surface area contributed by atoms with E-state index < -0.39 is 24.6 Å². The number of likely N-dealkylation sites (tertiary alicyclic amines) is 2. The Kier molecular flexibility index (Phi) is 4.48. The van der Waals surface area contributed by atoms with E-state index in [1.54, 1.807) is 0 Å². The number of amides is 2. The third-order valence-electron chi connectivity index (χ3n) is 5.33. The van der Waals surface area contributed by atoms with Gasteiger partial charge in [-0.15, -0.1) is 0 Å². The van der Waals surface area contributed by atoms with Crippen LogP contribution < -0.4 is 5.32 Å². The number of piperidine rings is 1. The first-order valence-electron chi connectivity index (χ1n) is 8.34. The Morgan fingerprint density at radius 3 is 2.39 bits per heavy atom. The molecule has 3 rings (SSSR count). The summed E-state index contributed by atoms with van der Waals surface area (Å²) in [7, 11) is 0. The molecule has 5 nitrogen and oxygen atoms in total. The average molecular weight is 335 g/mol. The number of rotatable bonds is 3. The van der Waals surface area contributed by atoms with E-state index in [9.17, 15) is 23.1 Å². The smallest absolute Gasteiger partial charge is 0.380 e. The van der Waals surface area contributed by atoms with Crippen molar-refractivity contribution in [1.29, 1.82) is 0 Å². The molecule has 1 aliphatic carbocycles. The van der Waals surface area contributed by atoms with E-state index in [1.165, 1.54) is 17.7 Å². The average Bonchev–Trinajstić information content (AvgIpc) is 3.23. The molecule has 3 aliphatic rings. The Labute approximate surface area is 133 Å². The fourth-order valence-corrected chi connectivity index (χ4v) is 3.51. The van der Waals surface area contributed by atoms with Crippen molar-refractivity contribution in [3.8, 4) is 0 Å². The number of nitrogens with one attached hydrogen (secondary N) is 1. The molecule has 2 amide bonds. The largest absolute Gasteiger partial charge is 0.417 e. The van der Waals surface area contributed by atoms with Gasteiger partial charge >= 0.3 is 12.2 Å². The number of aliphatic hydroxyl groups is 1. The molecular formula is C15H24F3N3O2. The Bertz CT molecular complexity index is 446. The lowest BCUT2D eigenvalue weighted by molar-refractivity contribution is -0.271. The molecule has 2 N–H and O–H groups in total. The van der Waals surface area contributed by atoms with Crippen molar-refractivity contribution in [2.45, 2.75) is 49.9 Å². The molecule has 1 atom stereocenters. The van der Waals surface area contributed by atoms with Crippen molar-refractivity contribution < 1.29 is 23.1 Å². The van der Waals surface area contributed by atoms with Gasteiger partial charge in [-0.05, 0) is 31.7 Å². The second-order valence-electron chi connectivity index (χ2n) is 7.08. The normalized spacial score (nSPS) is 28.9. The van der Waals surface area contributed by atoms with Gasteiger partial charge in [0.05, 0.1) is 0 Å². The summed E-state index contributed by atoms with van der Waals surface area (Å²) in [5.74, 6) is 0.427. The Hall–Kier alpha value is -1.02. The van der Waals surface area contributed by atoms with Crippen LogP contribution >= 0.6 is 0 Å². The first-order chi connectivity index (χ1) is 10.8. The quantitative estimate of drug-likeness (QED) is 0.823. The van der Waals surface area contributed by atoms with E-state index >= 15 is 0 Å². The van der Waals surface area contributed by atoms with Crippen LogP contribution in [0, 0.1) is 5.92 Å². The molecule has 2 heterocycles. The molecule has 0 aromatic rings. The topological polar surface area (TPSA) is 55.8 Å². The molecule has 0 bridgehead atoms. The van der Waals surface area contributed by atoms with Gasteiger partial charge in [0.1, 0.15) is 0 Å². The third-order valence-corrected chi connectivity index (χ3v) is 5.33. The van der Waals surface area contributed by atoms with E-state index in [0.29, 0.717) is 12.5 Å². The lowest BCUT2D eigenvalue weighted by Gasteiger charge is -2.39. The number of urea groups is 1. The van der Waals surface area contributed by atoms with Crippen molar-refractivity contribution in [2.24, 2.45) is 5.92 Å². The van der Waals surface area contributed by atoms with Crippen LogP contribution in [0.4, 0.5) is 18.0 Å². The number of hydrogen-bond donors (Lipinski definition) is 2. The predicted molar refractivity (Wildman–Crippen MR) is 77.9 cm³/mol. The molecule has 0 radical (unpaired) electrons. The predicted octanol–water partition coefficient (Wildman–Crippen LogP) is 1.57. The lowest BCUT2D eigenvalue weighted by atomic mass is 9.91. The van der Waals surface area contributed by atoms with Gasteiger partial charge in [-0.3, -0.25) is 0 Å². The van der Waals surface area contributed by atoms with Crippen LogP contribution in [0.15, 0.2) is 0 Å². The highest BCUT2D eigenvalue weighted by Gasteiger charge is 2.54. The zero-order chi connectivity index (χ0) is 16.7. The van der Waals surface area contributed by atoms with Gasteiger partial charge in [0.2, 0.25) is 0 Å². The van der Waals surface area contributed by atoms with Gasteiger partial charge in [0.15, 0.2) is 5.60 Å². The molecule has 23 heavy (non-hydrogen) atoms. The summed E-state index contributed by atoms with van der Waals surface area (Å²) >= 11 is 0. The van der Waals surface area contributed by atoms with E-state index in [1.807, 2.05) is 0 Å². The maximum absolute atomic E-state index is 12.7. The van der Waals surface area contributed by atoms with Gasteiger partial charge < -0.3 is 20.2 Å². The minimum absolute atomic E-state index is 0.0687. The van der Waals surface area contributed by atoms with Crippen LogP contribution in [0.2, 0.25) is 0 Å². The number of carbonyl (C=O) groups is 1. The monoisotopic (exact) mass is 335 g/mol. The van der Waals surface area contributed by atoms with Crippen LogP contribution in [0.3, 0.4) is 0 Å². The maximum Gasteiger partial charge on any atom is 0.417 e. The van der Waals surface area contributed by atoms with Gasteiger partial charge in [-0.25, -0.2) is 4.79 Å². The van der Waals surface area contributed by atoms with E-state index in [-0.39, 0.29) is 19.1 Å². The van der Waals surface area contributed by atoms with Crippen molar-refractivity contribution in [3.05, 3.63) is 0 Å². The van der Waals surface area contributed by atoms with E-state index in [0.717, 1.165) is 25.6 Å². The minimum atomic E-state index is -4.63. The Balaban J connectivity index is 1.40. The summed E-state index contributed by atoms with van der Waals surface area (Å²) < 4.78 is 38.2. The zero-order valence-electron chi connectivity index (χ0n) is 13.1. The Morgan fingerprint density at radius 2 is 1.83 bits per heavy atom. The molecule has 1 saturated carbocycles. The number of hydrogen-bond acceptors (Lipinski definition) is 3. The maximum atomic E-state index is 12.7. The molecule has 2 aliphatic heterocycles. The number of alkyl halides is 3. The summed E-state index contributed by atoms with van der Waals surface area (Å²) in [6.45, 7) is 2.51. The third kappa shape index (κ3) is 3.74. The highest BCUT2D eigenvalue weighted by atomic mass is 19.4. The van der Waals surface area contributed by atoms with Crippen molar-refractivity contribution in [2.75, 3.05) is 32.7 Å². The number of nitrogens with zero attached hydrogens (tertiary/aromatic N) is 2. The molecule has 1 unspecified atom stereocenters. The standard InChI is InChI=1S/C15H24F3N3O2/c16-15(17,18)14(23)4-7-20(8-5-14)13(22)19-9-11-3-6-21(10-11)12-1-2-12/h11-12,23H,1-10H2,(H,19,22). The summed E-state index contributed by atoms with van der Waals surface area (Å²) in [6.07, 6.45) is -1.94. The van der Waals surface area contributed by atoms with Crippen molar-refractivity contribution >= 4 is 6.03 Å². The molecule has 3 fully saturated rings. The fraction of sp³-hybridized carbons (Fsp3) is 0.933. The van der Waals surface area contributed by atoms with Crippen molar-refractivity contribution in [3.63, 3.8) is 0 Å². The highest BCUT2D eigenvalue weighted by Crippen LogP contribution is 2.38. The summed E-state index contributed by atoms with van der Waals surface area (Å²) in [5, 5.41) is 12.4. The molecule has 0 aromatic carbocycles. The van der Waals surface area contributed by atoms with Crippen LogP contribution in [0.1, 0.15) is 32.1 Å². The van der Waals surface area contributed by atoms with Gasteiger partial charge in [-0.2, -0.15) is 13.2 Å². The molecule has 2 saturated heterocycles. The van der Waals surface area contributed by atoms with Crippen molar-refractivity contribution in [1.82, 2.24) is 15.1 Å². The van der Waals surface area contributed by atoms with E-state index in [4.69, 9.17) is 0 Å². The fourth-order valence-electron chi connectivity index (χ4n) is 3.51.